The van der Waals surface area contributed by atoms with Gasteiger partial charge in [-0.05, 0) is 57.0 Å². The smallest absolute Gasteiger partial charge is 0.257 e. The van der Waals surface area contributed by atoms with E-state index in [9.17, 15) is 4.79 Å². The highest BCUT2D eigenvalue weighted by atomic mass is 16.5. The van der Waals surface area contributed by atoms with Crippen molar-refractivity contribution >= 4 is 11.6 Å². The van der Waals surface area contributed by atoms with Crippen LogP contribution in [0.15, 0.2) is 53.1 Å². The first-order valence-electron chi connectivity index (χ1n) is 9.95. The van der Waals surface area contributed by atoms with Crippen LogP contribution in [0.3, 0.4) is 0 Å². The lowest BCUT2D eigenvalue weighted by Crippen LogP contribution is -2.16. The minimum Gasteiger partial charge on any atom is -0.491 e. The molecule has 152 valence electrons. The number of carbonyl (C=O) groups excluding carboxylic acids is 1. The molecule has 3 heterocycles. The zero-order valence-electron chi connectivity index (χ0n) is 16.8. The monoisotopic (exact) mass is 394 g/mol. The molecule has 29 heavy (non-hydrogen) atoms. The molecule has 1 N–H and O–H groups in total. The summed E-state index contributed by atoms with van der Waals surface area (Å²) in [5, 5.41) is 2.98. The number of amides is 1. The Morgan fingerprint density at radius 2 is 2.14 bits per heavy atom. The molecule has 1 aliphatic rings. The van der Waals surface area contributed by atoms with Crippen LogP contribution in [0.4, 0.5) is 5.69 Å². The van der Waals surface area contributed by atoms with Gasteiger partial charge >= 0.3 is 0 Å². The number of hydrogen-bond donors (Lipinski definition) is 1. The normalized spacial score (nSPS) is 16.1. The summed E-state index contributed by atoms with van der Waals surface area (Å²) in [6, 6.07) is 13.2. The molecule has 1 unspecified atom stereocenters. The van der Waals surface area contributed by atoms with Crippen LogP contribution in [0, 0.1) is 13.8 Å². The Kier molecular flexibility index (Phi) is 5.71. The molecule has 1 amide bonds. The van der Waals surface area contributed by atoms with E-state index in [4.69, 9.17) is 13.9 Å². The highest BCUT2D eigenvalue weighted by molar-refractivity contribution is 6.05. The van der Waals surface area contributed by atoms with Gasteiger partial charge in [-0.15, -0.1) is 0 Å². The second kappa shape index (κ2) is 8.57. The maximum Gasteiger partial charge on any atom is 0.257 e. The van der Waals surface area contributed by atoms with Gasteiger partial charge in [0.05, 0.1) is 24.5 Å². The van der Waals surface area contributed by atoms with Gasteiger partial charge in [-0.3, -0.25) is 4.79 Å². The second-order valence-corrected chi connectivity index (χ2v) is 7.38. The fourth-order valence-electron chi connectivity index (χ4n) is 3.66. The molecule has 4 rings (SSSR count). The molecule has 0 radical (unpaired) electrons. The quantitative estimate of drug-likeness (QED) is 0.638. The number of aryl methyl sites for hydroxylation is 1. The van der Waals surface area contributed by atoms with E-state index in [-0.39, 0.29) is 12.0 Å². The Morgan fingerprint density at radius 3 is 2.90 bits per heavy atom. The largest absolute Gasteiger partial charge is 0.491 e. The maximum absolute atomic E-state index is 12.9. The third-order valence-electron chi connectivity index (χ3n) is 5.26. The maximum atomic E-state index is 12.9. The Morgan fingerprint density at radius 1 is 1.24 bits per heavy atom. The molecule has 0 bridgehead atoms. The third-order valence-corrected chi connectivity index (χ3v) is 5.26. The number of furan rings is 1. The second-order valence-electron chi connectivity index (χ2n) is 7.38. The number of nitrogens with zero attached hydrogens (tertiary/aromatic N) is 1. The first kappa shape index (κ1) is 19.3. The van der Waals surface area contributed by atoms with E-state index in [1.54, 1.807) is 6.26 Å². The summed E-state index contributed by atoms with van der Waals surface area (Å²) in [4.78, 5) is 12.9. The van der Waals surface area contributed by atoms with E-state index in [0.717, 1.165) is 42.3 Å². The molecule has 6 nitrogen and oxygen atoms in total. The van der Waals surface area contributed by atoms with Gasteiger partial charge in [0, 0.05) is 29.7 Å². The van der Waals surface area contributed by atoms with Crippen LogP contribution >= 0.6 is 0 Å². The summed E-state index contributed by atoms with van der Waals surface area (Å²) in [5.41, 5.74) is 3.27. The lowest BCUT2D eigenvalue weighted by Gasteiger charge is -2.13. The number of aromatic nitrogens is 1. The molecule has 3 aromatic rings. The predicted molar refractivity (Wildman–Crippen MR) is 111 cm³/mol. The molecule has 0 spiro atoms. The molecule has 6 heteroatoms. The van der Waals surface area contributed by atoms with Gasteiger partial charge in [-0.25, -0.2) is 0 Å². The highest BCUT2D eigenvalue weighted by Gasteiger charge is 2.18. The average Bonchev–Trinajstić information content (AvgIpc) is 3.46. The van der Waals surface area contributed by atoms with Crippen LogP contribution in [0.1, 0.15) is 40.3 Å². The van der Waals surface area contributed by atoms with E-state index < -0.39 is 0 Å². The number of carbonyl (C=O) groups is 1. The molecule has 2 aromatic heterocycles. The van der Waals surface area contributed by atoms with Crippen LogP contribution in [-0.2, 0) is 11.3 Å². The Labute approximate surface area is 170 Å². The van der Waals surface area contributed by atoms with Crippen LogP contribution in [0.25, 0.3) is 0 Å². The predicted octanol–water partition coefficient (Wildman–Crippen LogP) is 4.56. The van der Waals surface area contributed by atoms with Crippen molar-refractivity contribution in [3.05, 3.63) is 71.4 Å². The fraction of sp³-hybridized carbons (Fsp3) is 0.348. The number of nitrogens with one attached hydrogen (secondary N) is 1. The summed E-state index contributed by atoms with van der Waals surface area (Å²) in [5.74, 6) is 1.44. The Bertz CT molecular complexity index is 969. The van der Waals surface area contributed by atoms with Crippen LogP contribution < -0.4 is 10.1 Å². The van der Waals surface area contributed by atoms with E-state index in [1.807, 2.05) is 56.3 Å². The van der Waals surface area contributed by atoms with E-state index >= 15 is 0 Å². The van der Waals surface area contributed by atoms with Gasteiger partial charge in [0.1, 0.15) is 18.1 Å². The van der Waals surface area contributed by atoms with Gasteiger partial charge in [0.2, 0.25) is 0 Å². The van der Waals surface area contributed by atoms with Crippen LogP contribution in [0.2, 0.25) is 0 Å². The lowest BCUT2D eigenvalue weighted by molar-refractivity contribution is 0.0680. The molecule has 1 saturated heterocycles. The zero-order chi connectivity index (χ0) is 20.2. The Hall–Kier alpha value is -2.99. The average molecular weight is 394 g/mol. The molecule has 1 aliphatic heterocycles. The topological polar surface area (TPSA) is 65.6 Å². The van der Waals surface area contributed by atoms with Crippen molar-refractivity contribution in [2.24, 2.45) is 0 Å². The zero-order valence-corrected chi connectivity index (χ0v) is 16.8. The van der Waals surface area contributed by atoms with Crippen molar-refractivity contribution in [1.29, 1.82) is 0 Å². The van der Waals surface area contributed by atoms with Crippen molar-refractivity contribution in [3.8, 4) is 5.75 Å². The molecule has 1 aromatic carbocycles. The first-order valence-corrected chi connectivity index (χ1v) is 9.95. The van der Waals surface area contributed by atoms with Gasteiger partial charge < -0.3 is 23.8 Å². The van der Waals surface area contributed by atoms with Crippen LogP contribution in [-0.4, -0.2) is 29.8 Å². The van der Waals surface area contributed by atoms with Gasteiger partial charge in [-0.2, -0.15) is 0 Å². The molecular formula is C23H26N2O4. The number of hydrogen-bond acceptors (Lipinski definition) is 4. The van der Waals surface area contributed by atoms with Gasteiger partial charge in [-0.1, -0.05) is 6.07 Å². The molecular weight excluding hydrogens is 368 g/mol. The minimum absolute atomic E-state index is 0.139. The van der Waals surface area contributed by atoms with E-state index in [1.165, 1.54) is 0 Å². The third kappa shape index (κ3) is 4.54. The fourth-order valence-corrected chi connectivity index (χ4v) is 3.66. The van der Waals surface area contributed by atoms with Crippen molar-refractivity contribution in [2.45, 2.75) is 39.3 Å². The molecule has 0 saturated carbocycles. The Balaban J connectivity index is 1.43. The minimum atomic E-state index is -0.139. The number of rotatable bonds is 7. The standard InChI is InChI=1S/C23H26N2O4/c1-16-12-22(17(2)25(16)14-20-8-4-10-27-20)23(26)24-18-6-3-7-19(13-18)29-15-21-9-5-11-28-21/h3-4,6-8,10,12-13,21H,5,9,11,14-15H2,1-2H3,(H,24,26). The van der Waals surface area contributed by atoms with Crippen molar-refractivity contribution in [3.63, 3.8) is 0 Å². The summed E-state index contributed by atoms with van der Waals surface area (Å²) in [7, 11) is 0. The van der Waals surface area contributed by atoms with Gasteiger partial charge in [0.25, 0.3) is 5.91 Å². The summed E-state index contributed by atoms with van der Waals surface area (Å²) < 4.78 is 18.9. The van der Waals surface area contributed by atoms with Crippen molar-refractivity contribution < 1.29 is 18.7 Å². The summed E-state index contributed by atoms with van der Waals surface area (Å²) in [6.45, 7) is 5.89. The van der Waals surface area contributed by atoms with E-state index in [2.05, 4.69) is 9.88 Å². The molecule has 1 atom stereocenters. The van der Waals surface area contributed by atoms with Crippen molar-refractivity contribution in [1.82, 2.24) is 4.57 Å². The molecule has 1 fully saturated rings. The van der Waals surface area contributed by atoms with Crippen LogP contribution in [0.5, 0.6) is 5.75 Å². The number of benzene rings is 1. The molecule has 0 aliphatic carbocycles. The first-order chi connectivity index (χ1) is 14.1. The summed E-state index contributed by atoms with van der Waals surface area (Å²) in [6.07, 6.45) is 3.94. The number of anilines is 1. The SMILES string of the molecule is Cc1cc(C(=O)Nc2cccc(OCC3CCCO3)c2)c(C)n1Cc1ccco1. The van der Waals surface area contributed by atoms with Crippen molar-refractivity contribution in [2.75, 3.05) is 18.5 Å². The lowest BCUT2D eigenvalue weighted by atomic mass is 10.2. The summed E-state index contributed by atoms with van der Waals surface area (Å²) >= 11 is 0. The van der Waals surface area contributed by atoms with E-state index in [0.29, 0.717) is 24.4 Å². The van der Waals surface area contributed by atoms with Gasteiger partial charge in [0.15, 0.2) is 0 Å². The highest BCUT2D eigenvalue weighted by Crippen LogP contribution is 2.22. The number of ether oxygens (including phenoxy) is 2.